The number of rotatable bonds is 1. The highest BCUT2D eigenvalue weighted by molar-refractivity contribution is 5.75. The molecule has 0 aliphatic rings. The maximum Gasteiger partial charge on any atom is 0.251 e. The molecular formula is C10H5F2N5. The average molecular weight is 233 g/mol. The lowest BCUT2D eigenvalue weighted by Crippen LogP contribution is -2.02. The molecule has 0 saturated carbocycles. The third-order valence-electron chi connectivity index (χ3n) is 2.18. The molecule has 17 heavy (non-hydrogen) atoms. The molecule has 3 aromatic rings. The molecule has 0 N–H and O–H groups in total. The van der Waals surface area contributed by atoms with Crippen molar-refractivity contribution in [2.45, 2.75) is 0 Å². The molecule has 0 aliphatic heterocycles. The third-order valence-corrected chi connectivity index (χ3v) is 2.18. The van der Waals surface area contributed by atoms with E-state index < -0.39 is 11.6 Å². The van der Waals surface area contributed by atoms with Crippen LogP contribution in [0.1, 0.15) is 0 Å². The van der Waals surface area contributed by atoms with Gasteiger partial charge in [0, 0.05) is 6.07 Å². The summed E-state index contributed by atoms with van der Waals surface area (Å²) in [5.41, 5.74) is 0.941. The lowest BCUT2D eigenvalue weighted by molar-refractivity contribution is 0.608. The summed E-state index contributed by atoms with van der Waals surface area (Å²) in [4.78, 5) is 11.4. The van der Waals surface area contributed by atoms with Crippen LogP contribution in [0.3, 0.4) is 0 Å². The van der Waals surface area contributed by atoms with Crippen molar-refractivity contribution in [3.63, 3.8) is 0 Å². The van der Waals surface area contributed by atoms with Gasteiger partial charge in [-0.1, -0.05) is 0 Å². The number of aromatic nitrogens is 5. The first kappa shape index (κ1) is 9.76. The van der Waals surface area contributed by atoms with Crippen LogP contribution in [0.2, 0.25) is 0 Å². The highest BCUT2D eigenvalue weighted by Crippen LogP contribution is 2.14. The van der Waals surface area contributed by atoms with Crippen LogP contribution in [-0.4, -0.2) is 24.7 Å². The van der Waals surface area contributed by atoms with Crippen LogP contribution >= 0.6 is 0 Å². The lowest BCUT2D eigenvalue weighted by atomic mass is 10.4. The molecule has 0 saturated heterocycles. The van der Waals surface area contributed by atoms with Crippen molar-refractivity contribution in [1.29, 1.82) is 0 Å². The van der Waals surface area contributed by atoms with Crippen LogP contribution in [0.25, 0.3) is 17.0 Å². The molecule has 5 nitrogen and oxygen atoms in total. The van der Waals surface area contributed by atoms with Gasteiger partial charge in [-0.15, -0.1) is 0 Å². The lowest BCUT2D eigenvalue weighted by Gasteiger charge is -2.00. The number of pyridine rings is 1. The van der Waals surface area contributed by atoms with Crippen molar-refractivity contribution >= 4 is 11.0 Å². The van der Waals surface area contributed by atoms with Crippen LogP contribution in [0.4, 0.5) is 8.78 Å². The Balaban J connectivity index is 2.23. The summed E-state index contributed by atoms with van der Waals surface area (Å²) in [5, 5.41) is 3.98. The molecule has 0 unspecified atom stereocenters. The van der Waals surface area contributed by atoms with E-state index in [1.807, 2.05) is 0 Å². The molecule has 7 heteroatoms. The largest absolute Gasteiger partial charge is 0.251 e. The average Bonchev–Trinajstić information content (AvgIpc) is 2.73. The minimum atomic E-state index is -0.547. The normalized spacial score (nSPS) is 10.9. The summed E-state index contributed by atoms with van der Waals surface area (Å²) in [5.74, 6) is -0.871. The van der Waals surface area contributed by atoms with Crippen LogP contribution in [0, 0.1) is 11.6 Å². The predicted molar refractivity (Wildman–Crippen MR) is 54.4 cm³/mol. The van der Waals surface area contributed by atoms with Gasteiger partial charge in [0.1, 0.15) is 11.3 Å². The summed E-state index contributed by atoms with van der Waals surface area (Å²) < 4.78 is 27.0. The summed E-state index contributed by atoms with van der Waals surface area (Å²) in [6, 6.07) is 1.27. The molecule has 3 rings (SSSR count). The van der Waals surface area contributed by atoms with E-state index in [1.54, 1.807) is 0 Å². The van der Waals surface area contributed by atoms with Gasteiger partial charge in [-0.25, -0.2) is 23.7 Å². The van der Waals surface area contributed by atoms with E-state index in [9.17, 15) is 8.78 Å². The van der Waals surface area contributed by atoms with Gasteiger partial charge in [0.2, 0.25) is 0 Å². The number of hydrogen-bond donors (Lipinski definition) is 0. The predicted octanol–water partition coefficient (Wildman–Crippen LogP) is 1.49. The zero-order chi connectivity index (χ0) is 11.8. The highest BCUT2D eigenvalue weighted by atomic mass is 19.1. The molecule has 3 heterocycles. The molecule has 3 aromatic heterocycles. The van der Waals surface area contributed by atoms with E-state index in [1.165, 1.54) is 16.9 Å². The molecule has 0 aromatic carbocycles. The molecule has 84 valence electrons. The first-order valence-corrected chi connectivity index (χ1v) is 4.71. The minimum Gasteiger partial charge on any atom is -0.250 e. The molecular weight excluding hydrogens is 228 g/mol. The summed E-state index contributed by atoms with van der Waals surface area (Å²) >= 11 is 0. The van der Waals surface area contributed by atoms with E-state index in [4.69, 9.17) is 0 Å². The third kappa shape index (κ3) is 1.61. The van der Waals surface area contributed by atoms with Gasteiger partial charge in [0.15, 0.2) is 5.82 Å². The van der Waals surface area contributed by atoms with Gasteiger partial charge in [0.25, 0.3) is 5.95 Å². The second-order valence-corrected chi connectivity index (χ2v) is 3.32. The fraction of sp³-hybridized carbons (Fsp3) is 0. The standard InChI is InChI=1S/C10H5F2N5/c11-6-1-9-8(13-2-6)5-16-17(9)10-14-3-7(12)4-15-10/h1-5H. The summed E-state index contributed by atoms with van der Waals surface area (Å²) in [6.45, 7) is 0. The Labute approximate surface area is 93.8 Å². The van der Waals surface area contributed by atoms with Crippen molar-refractivity contribution < 1.29 is 8.78 Å². The Kier molecular flexibility index (Phi) is 2.04. The van der Waals surface area contributed by atoms with E-state index in [0.29, 0.717) is 11.0 Å². The van der Waals surface area contributed by atoms with Gasteiger partial charge in [-0.2, -0.15) is 9.78 Å². The van der Waals surface area contributed by atoms with Crippen molar-refractivity contribution in [3.8, 4) is 5.95 Å². The van der Waals surface area contributed by atoms with Crippen molar-refractivity contribution in [1.82, 2.24) is 24.7 Å². The molecule has 0 radical (unpaired) electrons. The summed E-state index contributed by atoms with van der Waals surface area (Å²) in [6.07, 6.45) is 4.59. The fourth-order valence-electron chi connectivity index (χ4n) is 1.46. The first-order chi connectivity index (χ1) is 8.24. The second kappa shape index (κ2) is 3.55. The number of halogens is 2. The van der Waals surface area contributed by atoms with Crippen molar-refractivity contribution in [3.05, 3.63) is 42.5 Å². The topological polar surface area (TPSA) is 56.5 Å². The van der Waals surface area contributed by atoms with Crippen LogP contribution < -0.4 is 0 Å². The van der Waals surface area contributed by atoms with Gasteiger partial charge in [-0.3, -0.25) is 0 Å². The quantitative estimate of drug-likeness (QED) is 0.639. The van der Waals surface area contributed by atoms with Gasteiger partial charge in [0.05, 0.1) is 30.3 Å². The van der Waals surface area contributed by atoms with Crippen molar-refractivity contribution in [2.24, 2.45) is 0 Å². The Bertz CT molecular complexity index is 677. The van der Waals surface area contributed by atoms with Crippen LogP contribution in [-0.2, 0) is 0 Å². The number of hydrogen-bond acceptors (Lipinski definition) is 4. The Morgan fingerprint density at radius 2 is 1.59 bits per heavy atom. The van der Waals surface area contributed by atoms with Gasteiger partial charge < -0.3 is 0 Å². The SMILES string of the molecule is Fc1cnc(-n2ncc3ncc(F)cc32)nc1. The molecule has 0 atom stereocenters. The summed E-state index contributed by atoms with van der Waals surface area (Å²) in [7, 11) is 0. The fourth-order valence-corrected chi connectivity index (χ4v) is 1.46. The van der Waals surface area contributed by atoms with Crippen LogP contribution in [0.5, 0.6) is 0 Å². The highest BCUT2D eigenvalue weighted by Gasteiger charge is 2.09. The molecule has 0 amide bonds. The zero-order valence-corrected chi connectivity index (χ0v) is 8.38. The Morgan fingerprint density at radius 1 is 0.882 bits per heavy atom. The monoisotopic (exact) mass is 233 g/mol. The maximum atomic E-state index is 13.1. The molecule has 0 aliphatic carbocycles. The Morgan fingerprint density at radius 3 is 2.35 bits per heavy atom. The van der Waals surface area contributed by atoms with E-state index >= 15 is 0 Å². The molecule has 0 fully saturated rings. The zero-order valence-electron chi connectivity index (χ0n) is 8.38. The van der Waals surface area contributed by atoms with E-state index in [-0.39, 0.29) is 5.95 Å². The molecule has 0 spiro atoms. The number of nitrogens with zero attached hydrogens (tertiary/aromatic N) is 5. The maximum absolute atomic E-state index is 13.1. The second-order valence-electron chi connectivity index (χ2n) is 3.32. The van der Waals surface area contributed by atoms with E-state index in [2.05, 4.69) is 20.1 Å². The Hall–Kier alpha value is -2.44. The van der Waals surface area contributed by atoms with Gasteiger partial charge >= 0.3 is 0 Å². The number of fused-ring (bicyclic) bond motifs is 1. The van der Waals surface area contributed by atoms with Crippen molar-refractivity contribution in [2.75, 3.05) is 0 Å². The minimum absolute atomic E-state index is 0.161. The first-order valence-electron chi connectivity index (χ1n) is 4.71. The smallest absolute Gasteiger partial charge is 0.250 e. The molecule has 0 bridgehead atoms. The van der Waals surface area contributed by atoms with Gasteiger partial charge in [-0.05, 0) is 0 Å². The van der Waals surface area contributed by atoms with Crippen LogP contribution in [0.15, 0.2) is 30.9 Å². The van der Waals surface area contributed by atoms with E-state index in [0.717, 1.165) is 18.6 Å².